The first-order chi connectivity index (χ1) is 7.82. The van der Waals surface area contributed by atoms with Crippen molar-refractivity contribution in [2.24, 2.45) is 10.4 Å². The summed E-state index contributed by atoms with van der Waals surface area (Å²) in [5.41, 5.74) is 3.32. The lowest BCUT2D eigenvalue weighted by atomic mass is 9.72. The van der Waals surface area contributed by atoms with Crippen molar-refractivity contribution in [3.05, 3.63) is 22.9 Å². The number of carbonyl (C=O) groups excluding carboxylic acids is 1. The molecule has 0 bridgehead atoms. The molecule has 0 N–H and O–H groups in total. The lowest BCUT2D eigenvalue weighted by Crippen LogP contribution is -2.38. The number of Topliss-reactive ketones (excluding diaryl/α,β-unsaturated/α-hetero) is 1. The Morgan fingerprint density at radius 2 is 1.94 bits per heavy atom. The van der Waals surface area contributed by atoms with E-state index in [0.717, 1.165) is 35.4 Å². The van der Waals surface area contributed by atoms with Gasteiger partial charge in [-0.25, -0.2) is 0 Å². The Bertz CT molecular complexity index is 422. The Morgan fingerprint density at radius 3 is 2.41 bits per heavy atom. The molecule has 0 aromatic carbocycles. The third-order valence-corrected chi connectivity index (χ3v) is 3.45. The fourth-order valence-electron chi connectivity index (χ4n) is 2.31. The number of rotatable bonds is 3. The van der Waals surface area contributed by atoms with Crippen LogP contribution >= 0.6 is 0 Å². The highest BCUT2D eigenvalue weighted by atomic mass is 16.1. The molecule has 1 heterocycles. The second-order valence-electron chi connectivity index (χ2n) is 5.33. The van der Waals surface area contributed by atoms with Crippen LogP contribution in [0.2, 0.25) is 0 Å². The second kappa shape index (κ2) is 4.99. The van der Waals surface area contributed by atoms with E-state index in [2.05, 4.69) is 11.9 Å². The van der Waals surface area contributed by atoms with Gasteiger partial charge in [0, 0.05) is 17.0 Å². The van der Waals surface area contributed by atoms with Crippen molar-refractivity contribution < 1.29 is 4.79 Å². The molecule has 0 saturated heterocycles. The fourth-order valence-corrected chi connectivity index (χ4v) is 2.31. The third-order valence-electron chi connectivity index (χ3n) is 3.45. The van der Waals surface area contributed by atoms with Crippen LogP contribution in [-0.2, 0) is 4.79 Å². The molecule has 0 aromatic rings. The summed E-state index contributed by atoms with van der Waals surface area (Å²) in [5.74, 6) is 0.227. The van der Waals surface area contributed by atoms with E-state index in [1.807, 2.05) is 40.7 Å². The smallest absolute Gasteiger partial charge is 0.176 e. The largest absolute Gasteiger partial charge is 0.293 e. The van der Waals surface area contributed by atoms with Crippen LogP contribution in [0.3, 0.4) is 0 Å². The first-order valence-corrected chi connectivity index (χ1v) is 6.29. The lowest BCUT2D eigenvalue weighted by molar-refractivity contribution is -0.121. The van der Waals surface area contributed by atoms with Crippen LogP contribution in [0.5, 0.6) is 0 Å². The minimum atomic E-state index is -0.407. The predicted octanol–water partition coefficient (Wildman–Crippen LogP) is 4.08. The van der Waals surface area contributed by atoms with E-state index in [9.17, 15) is 4.79 Å². The zero-order chi connectivity index (χ0) is 13.2. The van der Waals surface area contributed by atoms with Gasteiger partial charge >= 0.3 is 0 Å². The van der Waals surface area contributed by atoms with Crippen molar-refractivity contribution in [1.82, 2.24) is 0 Å². The van der Waals surface area contributed by atoms with E-state index in [4.69, 9.17) is 0 Å². The van der Waals surface area contributed by atoms with Gasteiger partial charge in [0.15, 0.2) is 5.78 Å². The van der Waals surface area contributed by atoms with Crippen molar-refractivity contribution in [1.29, 1.82) is 0 Å². The number of hydrogen-bond donors (Lipinski definition) is 0. The van der Waals surface area contributed by atoms with E-state index in [1.165, 1.54) is 0 Å². The van der Waals surface area contributed by atoms with Crippen LogP contribution in [0.1, 0.15) is 54.4 Å². The summed E-state index contributed by atoms with van der Waals surface area (Å²) in [4.78, 5) is 17.2. The number of carbonyl (C=O) groups is 1. The quantitative estimate of drug-likeness (QED) is 0.722. The van der Waals surface area contributed by atoms with Gasteiger partial charge in [-0.3, -0.25) is 9.79 Å². The number of aliphatic imine (C=N–C) groups is 1. The molecule has 1 atom stereocenters. The second-order valence-corrected chi connectivity index (χ2v) is 5.33. The Morgan fingerprint density at radius 1 is 1.35 bits per heavy atom. The minimum Gasteiger partial charge on any atom is -0.293 e. The Balaban J connectivity index is 3.29. The van der Waals surface area contributed by atoms with E-state index >= 15 is 0 Å². The molecule has 1 aliphatic heterocycles. The van der Waals surface area contributed by atoms with Gasteiger partial charge in [-0.15, -0.1) is 0 Å². The molecule has 17 heavy (non-hydrogen) atoms. The molecule has 0 amide bonds. The van der Waals surface area contributed by atoms with Crippen LogP contribution in [0, 0.1) is 5.41 Å². The zero-order valence-corrected chi connectivity index (χ0v) is 11.8. The molecule has 0 spiro atoms. The normalized spacial score (nSPS) is 24.8. The Hall–Kier alpha value is -1.18. The predicted molar refractivity (Wildman–Crippen MR) is 73.3 cm³/mol. The summed E-state index contributed by atoms with van der Waals surface area (Å²) in [6.07, 6.45) is 3.83. The highest BCUT2D eigenvalue weighted by Gasteiger charge is 2.39. The summed E-state index contributed by atoms with van der Waals surface area (Å²) in [6.45, 7) is 12.0. The monoisotopic (exact) mass is 233 g/mol. The first kappa shape index (κ1) is 13.9. The maximum absolute atomic E-state index is 12.6. The van der Waals surface area contributed by atoms with Gasteiger partial charge in [0.1, 0.15) is 0 Å². The van der Waals surface area contributed by atoms with Crippen LogP contribution in [0.25, 0.3) is 0 Å². The molecule has 94 valence electrons. The summed E-state index contributed by atoms with van der Waals surface area (Å²) in [5, 5.41) is 0. The lowest BCUT2D eigenvalue weighted by Gasteiger charge is -2.32. The van der Waals surface area contributed by atoms with E-state index < -0.39 is 5.41 Å². The summed E-state index contributed by atoms with van der Waals surface area (Å²) in [7, 11) is 0. The Labute approximate surface area is 105 Å². The van der Waals surface area contributed by atoms with Crippen LogP contribution in [-0.4, -0.2) is 11.5 Å². The fraction of sp³-hybridized carbons (Fsp3) is 0.600. The average molecular weight is 233 g/mol. The molecule has 0 fully saturated rings. The minimum absolute atomic E-state index is 0.227. The summed E-state index contributed by atoms with van der Waals surface area (Å²) >= 11 is 0. The maximum atomic E-state index is 12.6. The van der Waals surface area contributed by atoms with E-state index in [-0.39, 0.29) is 5.78 Å². The SMILES string of the molecule is CCCC1(C)C(=O)C(C=C(C)C)=C(C)N=C1C. The molecular formula is C15H23NO. The van der Waals surface area contributed by atoms with E-state index in [0.29, 0.717) is 0 Å². The van der Waals surface area contributed by atoms with Gasteiger partial charge in [-0.1, -0.05) is 25.0 Å². The van der Waals surface area contributed by atoms with E-state index in [1.54, 1.807) is 0 Å². The molecule has 0 aliphatic carbocycles. The number of ketones is 1. The highest BCUT2D eigenvalue weighted by Crippen LogP contribution is 2.35. The molecule has 0 radical (unpaired) electrons. The van der Waals surface area contributed by atoms with Crippen molar-refractivity contribution >= 4 is 11.5 Å². The third kappa shape index (κ3) is 2.56. The average Bonchev–Trinajstić information content (AvgIpc) is 2.22. The summed E-state index contributed by atoms with van der Waals surface area (Å²) in [6, 6.07) is 0. The van der Waals surface area contributed by atoms with Crippen molar-refractivity contribution in [2.45, 2.75) is 54.4 Å². The first-order valence-electron chi connectivity index (χ1n) is 6.29. The molecule has 2 heteroatoms. The van der Waals surface area contributed by atoms with Gasteiger partial charge < -0.3 is 0 Å². The van der Waals surface area contributed by atoms with Gasteiger partial charge in [0.05, 0.1) is 5.41 Å². The van der Waals surface area contributed by atoms with Gasteiger partial charge in [-0.2, -0.15) is 0 Å². The zero-order valence-electron chi connectivity index (χ0n) is 11.8. The number of hydrogen-bond acceptors (Lipinski definition) is 2. The van der Waals surface area contributed by atoms with Crippen LogP contribution in [0.4, 0.5) is 0 Å². The number of nitrogens with zero attached hydrogens (tertiary/aromatic N) is 1. The molecule has 0 aromatic heterocycles. The van der Waals surface area contributed by atoms with Gasteiger partial charge in [-0.05, 0) is 41.0 Å². The standard InChI is InChI=1S/C15H23NO/c1-7-8-15(6)12(5)16-11(4)13(14(15)17)9-10(2)3/h9H,7-8H2,1-6H3. The number of allylic oxidation sites excluding steroid dienone is 4. The Kier molecular flexibility index (Phi) is 4.07. The molecule has 1 aliphatic rings. The summed E-state index contributed by atoms with van der Waals surface area (Å²) < 4.78 is 0. The maximum Gasteiger partial charge on any atom is 0.176 e. The molecular weight excluding hydrogens is 210 g/mol. The topological polar surface area (TPSA) is 29.4 Å². The molecule has 1 rings (SSSR count). The molecule has 0 saturated carbocycles. The highest BCUT2D eigenvalue weighted by molar-refractivity contribution is 6.18. The van der Waals surface area contributed by atoms with Crippen LogP contribution < -0.4 is 0 Å². The van der Waals surface area contributed by atoms with Crippen molar-refractivity contribution in [2.75, 3.05) is 0 Å². The van der Waals surface area contributed by atoms with Crippen molar-refractivity contribution in [3.63, 3.8) is 0 Å². The van der Waals surface area contributed by atoms with Gasteiger partial charge in [0.25, 0.3) is 0 Å². The van der Waals surface area contributed by atoms with Crippen molar-refractivity contribution in [3.8, 4) is 0 Å². The van der Waals surface area contributed by atoms with Crippen LogP contribution in [0.15, 0.2) is 27.9 Å². The van der Waals surface area contributed by atoms with Gasteiger partial charge in [0.2, 0.25) is 0 Å². The molecule has 1 unspecified atom stereocenters. The molecule has 2 nitrogen and oxygen atoms in total.